The number of rotatable bonds is 14. The minimum Gasteiger partial charge on any atom is -0.488 e. The van der Waals surface area contributed by atoms with Gasteiger partial charge in [-0.25, -0.2) is 0 Å². The van der Waals surface area contributed by atoms with Crippen molar-refractivity contribution in [3.8, 4) is 40.2 Å². The normalized spacial score (nSPS) is 12.4. The second-order valence-electron chi connectivity index (χ2n) is 12.8. The van der Waals surface area contributed by atoms with Crippen LogP contribution >= 0.6 is 11.6 Å². The predicted octanol–water partition coefficient (Wildman–Crippen LogP) is 7.80. The number of ketones is 1. The monoisotopic (exact) mass is 717 g/mol. The lowest BCUT2D eigenvalue weighted by Crippen LogP contribution is -2.35. The highest BCUT2D eigenvalue weighted by molar-refractivity contribution is 6.32. The van der Waals surface area contributed by atoms with Crippen molar-refractivity contribution in [3.63, 3.8) is 0 Å². The molecule has 1 aromatic heterocycles. The number of aromatic nitrogens is 1. The van der Waals surface area contributed by atoms with Crippen molar-refractivity contribution in [2.45, 2.75) is 58.9 Å². The van der Waals surface area contributed by atoms with E-state index in [9.17, 15) is 20.3 Å². The van der Waals surface area contributed by atoms with Crippen LogP contribution in [0.3, 0.4) is 0 Å². The number of benzene rings is 4. The number of hydrogen-bond acceptors (Lipinski definition) is 9. The minimum absolute atomic E-state index is 0.147. The zero-order valence-electron chi connectivity index (χ0n) is 29.1. The SMILES string of the molecule is Cc1c(COc2cc(OCc3cncc(C#N)c3)c(CNC(CO)CO)cc2Cl)cccc1-c1cccc(Oc2cccc3c2CCCC3=O)c1C. The summed E-state index contributed by atoms with van der Waals surface area (Å²) in [6, 6.07) is 24.6. The molecule has 3 N–H and O–H groups in total. The number of carbonyl (C=O) groups is 1. The summed E-state index contributed by atoms with van der Waals surface area (Å²) in [6.07, 6.45) is 5.33. The van der Waals surface area contributed by atoms with E-state index in [1.165, 1.54) is 6.20 Å². The maximum absolute atomic E-state index is 12.5. The Bertz CT molecular complexity index is 2120. The van der Waals surface area contributed by atoms with Gasteiger partial charge in [0, 0.05) is 53.7 Å². The number of pyridine rings is 1. The van der Waals surface area contributed by atoms with Crippen molar-refractivity contribution < 1.29 is 29.2 Å². The molecule has 10 heteroatoms. The molecule has 0 unspecified atom stereocenters. The molecule has 0 fully saturated rings. The van der Waals surface area contributed by atoms with Gasteiger partial charge in [0.2, 0.25) is 0 Å². The number of aliphatic hydroxyl groups excluding tert-OH is 2. The third-order valence-electron chi connectivity index (χ3n) is 9.34. The Labute approximate surface area is 308 Å². The lowest BCUT2D eigenvalue weighted by Gasteiger charge is -2.20. The van der Waals surface area contributed by atoms with Gasteiger partial charge in [-0.05, 0) is 78.8 Å². The van der Waals surface area contributed by atoms with E-state index in [1.807, 2.05) is 49.4 Å². The Morgan fingerprint density at radius 1 is 0.827 bits per heavy atom. The van der Waals surface area contributed by atoms with Crippen LogP contribution in [0.15, 0.2) is 85.2 Å². The van der Waals surface area contributed by atoms with Crippen molar-refractivity contribution in [1.82, 2.24) is 10.3 Å². The van der Waals surface area contributed by atoms with E-state index < -0.39 is 6.04 Å². The predicted molar refractivity (Wildman–Crippen MR) is 199 cm³/mol. The molecule has 0 aliphatic heterocycles. The standard InChI is InChI=1S/C42H40ClN3O6/c1-26-30(7-3-8-33(26)34-9-5-13-39(27(34)2)52-40-14-6-10-35-36(40)11-4-12-38(35)49)25-51-42-17-41(50-24-29-15-28(18-44)19-45-20-29)31(16-37(42)43)21-46-32(22-47)23-48/h3,5-10,13-17,19-20,32,46-48H,4,11-12,21-25H2,1-2H3. The first-order valence-electron chi connectivity index (χ1n) is 17.2. The summed E-state index contributed by atoms with van der Waals surface area (Å²) in [5.41, 5.74) is 8.64. The summed E-state index contributed by atoms with van der Waals surface area (Å²) in [6.45, 7) is 4.29. The zero-order chi connectivity index (χ0) is 36.6. The third kappa shape index (κ3) is 8.28. The Morgan fingerprint density at radius 3 is 2.31 bits per heavy atom. The lowest BCUT2D eigenvalue weighted by molar-refractivity contribution is 0.0971. The molecule has 0 bridgehead atoms. The second kappa shape index (κ2) is 16.9. The molecular weight excluding hydrogens is 678 g/mol. The molecule has 0 saturated carbocycles. The summed E-state index contributed by atoms with van der Waals surface area (Å²) in [7, 11) is 0. The number of aliphatic hydroxyl groups is 2. The van der Waals surface area contributed by atoms with Gasteiger partial charge in [-0.15, -0.1) is 0 Å². The molecule has 52 heavy (non-hydrogen) atoms. The summed E-state index contributed by atoms with van der Waals surface area (Å²) in [5.74, 6) is 2.54. The van der Waals surface area contributed by atoms with Crippen LogP contribution in [0.25, 0.3) is 11.1 Å². The van der Waals surface area contributed by atoms with E-state index in [1.54, 1.807) is 24.4 Å². The van der Waals surface area contributed by atoms with Gasteiger partial charge in [-0.2, -0.15) is 5.26 Å². The van der Waals surface area contributed by atoms with Crippen LogP contribution < -0.4 is 19.5 Å². The van der Waals surface area contributed by atoms with Gasteiger partial charge < -0.3 is 29.7 Å². The molecular formula is C42H40ClN3O6. The molecule has 0 radical (unpaired) electrons. The van der Waals surface area contributed by atoms with Crippen LogP contribution in [0, 0.1) is 25.2 Å². The average Bonchev–Trinajstić information content (AvgIpc) is 3.16. The molecule has 1 heterocycles. The maximum atomic E-state index is 12.5. The molecule has 266 valence electrons. The summed E-state index contributed by atoms with van der Waals surface area (Å²) >= 11 is 6.75. The number of ether oxygens (including phenoxy) is 3. The Hall–Kier alpha value is -5.24. The van der Waals surface area contributed by atoms with Crippen LogP contribution in [0.1, 0.15) is 62.1 Å². The summed E-state index contributed by atoms with van der Waals surface area (Å²) in [4.78, 5) is 16.6. The molecule has 1 aliphatic carbocycles. The molecule has 0 spiro atoms. The average molecular weight is 718 g/mol. The number of carbonyl (C=O) groups excluding carboxylic acids is 1. The van der Waals surface area contributed by atoms with E-state index >= 15 is 0 Å². The first kappa shape index (κ1) is 36.5. The first-order valence-corrected chi connectivity index (χ1v) is 17.6. The third-order valence-corrected chi connectivity index (χ3v) is 9.64. The van der Waals surface area contributed by atoms with Crippen molar-refractivity contribution in [1.29, 1.82) is 5.26 Å². The van der Waals surface area contributed by atoms with Gasteiger partial charge in [0.15, 0.2) is 5.78 Å². The zero-order valence-corrected chi connectivity index (χ0v) is 29.9. The highest BCUT2D eigenvalue weighted by atomic mass is 35.5. The van der Waals surface area contributed by atoms with E-state index in [0.29, 0.717) is 34.1 Å². The van der Waals surface area contributed by atoms with Gasteiger partial charge >= 0.3 is 0 Å². The fourth-order valence-corrected chi connectivity index (χ4v) is 6.59. The number of hydrogen-bond donors (Lipinski definition) is 3. The lowest BCUT2D eigenvalue weighted by atomic mass is 9.90. The summed E-state index contributed by atoms with van der Waals surface area (Å²) < 4.78 is 19.0. The first-order chi connectivity index (χ1) is 25.3. The van der Waals surface area contributed by atoms with Gasteiger partial charge in [0.1, 0.15) is 42.3 Å². The number of halogens is 1. The Kier molecular flexibility index (Phi) is 11.8. The highest BCUT2D eigenvalue weighted by Gasteiger charge is 2.22. The van der Waals surface area contributed by atoms with Crippen LogP contribution in [-0.2, 0) is 26.2 Å². The maximum Gasteiger partial charge on any atom is 0.163 e. The van der Waals surface area contributed by atoms with Crippen molar-refractivity contribution >= 4 is 17.4 Å². The Balaban J connectivity index is 1.23. The van der Waals surface area contributed by atoms with E-state index in [4.69, 9.17) is 25.8 Å². The molecule has 5 aromatic rings. The number of nitrogens with one attached hydrogen (secondary N) is 1. The minimum atomic E-state index is -0.514. The van der Waals surface area contributed by atoms with E-state index in [-0.39, 0.29) is 38.8 Å². The van der Waals surface area contributed by atoms with E-state index in [2.05, 4.69) is 35.4 Å². The van der Waals surface area contributed by atoms with Crippen molar-refractivity contribution in [2.75, 3.05) is 13.2 Å². The smallest absolute Gasteiger partial charge is 0.163 e. The number of nitrogens with zero attached hydrogens (tertiary/aromatic N) is 2. The molecule has 0 saturated heterocycles. The number of nitriles is 1. The molecule has 1 aliphatic rings. The molecule has 6 rings (SSSR count). The largest absolute Gasteiger partial charge is 0.488 e. The van der Waals surface area contributed by atoms with Crippen LogP contribution in [0.4, 0.5) is 0 Å². The second-order valence-corrected chi connectivity index (χ2v) is 13.2. The topological polar surface area (TPSA) is 134 Å². The van der Waals surface area contributed by atoms with Gasteiger partial charge in [0.25, 0.3) is 0 Å². The van der Waals surface area contributed by atoms with Crippen LogP contribution in [-0.4, -0.2) is 40.2 Å². The number of Topliss-reactive ketones (excluding diaryl/α,β-unsaturated/α-hetero) is 1. The molecule has 4 aromatic carbocycles. The van der Waals surface area contributed by atoms with Crippen LogP contribution in [0.2, 0.25) is 5.02 Å². The highest BCUT2D eigenvalue weighted by Crippen LogP contribution is 2.39. The van der Waals surface area contributed by atoms with Crippen LogP contribution in [0.5, 0.6) is 23.0 Å². The Morgan fingerprint density at radius 2 is 1.54 bits per heavy atom. The fourth-order valence-electron chi connectivity index (χ4n) is 6.35. The van der Waals surface area contributed by atoms with Crippen molar-refractivity contribution in [2.24, 2.45) is 0 Å². The quantitative estimate of drug-likeness (QED) is 0.105. The molecule has 0 amide bonds. The number of fused-ring (bicyclic) bond motifs is 1. The van der Waals surface area contributed by atoms with Gasteiger partial charge in [-0.3, -0.25) is 9.78 Å². The molecule has 0 atom stereocenters. The van der Waals surface area contributed by atoms with Gasteiger partial charge in [0.05, 0.1) is 29.8 Å². The summed E-state index contributed by atoms with van der Waals surface area (Å²) in [5, 5.41) is 31.9. The van der Waals surface area contributed by atoms with Gasteiger partial charge in [-0.1, -0.05) is 54.1 Å². The molecule has 9 nitrogen and oxygen atoms in total. The fraction of sp³-hybridized carbons (Fsp3) is 0.262. The van der Waals surface area contributed by atoms with Crippen molar-refractivity contribution in [3.05, 3.63) is 135 Å². The van der Waals surface area contributed by atoms with E-state index in [0.717, 1.165) is 68.8 Å².